The molecule has 1 aromatic heterocycles. The first-order valence-corrected chi connectivity index (χ1v) is 6.41. The van der Waals surface area contributed by atoms with Gasteiger partial charge in [-0.1, -0.05) is 13.8 Å². The molecule has 0 aromatic carbocycles. The minimum absolute atomic E-state index is 0.0558. The summed E-state index contributed by atoms with van der Waals surface area (Å²) < 4.78 is 0. The first-order valence-electron chi connectivity index (χ1n) is 6.41. The molecule has 1 fully saturated rings. The van der Waals surface area contributed by atoms with Gasteiger partial charge in [-0.25, -0.2) is 9.97 Å². The standard InChI is InChI=1S/C13H18N4O2/c1-9(2)6-10-13(19)16-7-12(18)17(10)8-11-14-4-3-5-15-11/h3-5,9-10H,6-8H2,1-2H3,(H,16,19). The molecule has 1 aromatic rings. The maximum atomic E-state index is 12.0. The molecule has 102 valence electrons. The van der Waals surface area contributed by atoms with Gasteiger partial charge in [-0.05, 0) is 18.4 Å². The Hall–Kier alpha value is -1.98. The van der Waals surface area contributed by atoms with Crippen molar-refractivity contribution in [1.29, 1.82) is 0 Å². The molecule has 0 aliphatic carbocycles. The zero-order valence-electron chi connectivity index (χ0n) is 11.2. The molecule has 6 nitrogen and oxygen atoms in total. The number of aromatic nitrogens is 2. The Kier molecular flexibility index (Phi) is 4.09. The summed E-state index contributed by atoms with van der Waals surface area (Å²) in [7, 11) is 0. The van der Waals surface area contributed by atoms with E-state index in [0.717, 1.165) is 0 Å². The third kappa shape index (κ3) is 3.27. The van der Waals surface area contributed by atoms with Crippen molar-refractivity contribution in [3.05, 3.63) is 24.3 Å². The predicted octanol–water partition coefficient (Wildman–Crippen LogP) is 0.350. The largest absolute Gasteiger partial charge is 0.345 e. The van der Waals surface area contributed by atoms with Gasteiger partial charge in [0.05, 0.1) is 13.1 Å². The maximum Gasteiger partial charge on any atom is 0.243 e. The molecule has 6 heteroatoms. The molecule has 1 atom stereocenters. The van der Waals surface area contributed by atoms with E-state index in [1.807, 2.05) is 13.8 Å². The van der Waals surface area contributed by atoms with Crippen LogP contribution in [-0.2, 0) is 16.1 Å². The fraction of sp³-hybridized carbons (Fsp3) is 0.538. The molecule has 2 rings (SSSR count). The number of rotatable bonds is 4. The Balaban J connectivity index is 2.17. The first-order chi connectivity index (χ1) is 9.08. The summed E-state index contributed by atoms with van der Waals surface area (Å²) in [4.78, 5) is 33.7. The van der Waals surface area contributed by atoms with Crippen LogP contribution in [0.1, 0.15) is 26.1 Å². The van der Waals surface area contributed by atoms with Gasteiger partial charge in [-0.2, -0.15) is 0 Å². The number of hydrogen-bond donors (Lipinski definition) is 1. The van der Waals surface area contributed by atoms with Crippen molar-refractivity contribution in [2.45, 2.75) is 32.9 Å². The molecule has 0 spiro atoms. The fourth-order valence-corrected chi connectivity index (χ4v) is 2.14. The van der Waals surface area contributed by atoms with Crippen molar-refractivity contribution in [2.24, 2.45) is 5.92 Å². The van der Waals surface area contributed by atoms with Gasteiger partial charge in [-0.15, -0.1) is 0 Å². The molecule has 0 bridgehead atoms. The number of nitrogens with one attached hydrogen (secondary N) is 1. The number of nitrogens with zero attached hydrogens (tertiary/aromatic N) is 3. The van der Waals surface area contributed by atoms with E-state index in [9.17, 15) is 9.59 Å². The van der Waals surface area contributed by atoms with Crippen LogP contribution < -0.4 is 5.32 Å². The normalized spacial score (nSPS) is 19.7. The van der Waals surface area contributed by atoms with Crippen LogP contribution >= 0.6 is 0 Å². The van der Waals surface area contributed by atoms with Crippen molar-refractivity contribution >= 4 is 11.8 Å². The molecule has 2 amide bonds. The highest BCUT2D eigenvalue weighted by Gasteiger charge is 2.35. The van der Waals surface area contributed by atoms with Crippen LogP contribution in [0.2, 0.25) is 0 Å². The molecule has 1 unspecified atom stereocenters. The van der Waals surface area contributed by atoms with Crippen molar-refractivity contribution in [1.82, 2.24) is 20.2 Å². The number of hydrogen-bond acceptors (Lipinski definition) is 4. The average molecular weight is 262 g/mol. The minimum atomic E-state index is -0.426. The van der Waals surface area contributed by atoms with Crippen LogP contribution in [0.3, 0.4) is 0 Å². The number of carbonyl (C=O) groups is 2. The Labute approximate surface area is 112 Å². The van der Waals surface area contributed by atoms with E-state index in [-0.39, 0.29) is 24.9 Å². The summed E-state index contributed by atoms with van der Waals surface area (Å²) in [6.45, 7) is 4.40. The zero-order valence-corrected chi connectivity index (χ0v) is 11.2. The maximum absolute atomic E-state index is 12.0. The lowest BCUT2D eigenvalue weighted by Gasteiger charge is -2.35. The molecular weight excluding hydrogens is 244 g/mol. The summed E-state index contributed by atoms with van der Waals surface area (Å²) >= 11 is 0. The Bertz CT molecular complexity index is 461. The van der Waals surface area contributed by atoms with Gasteiger partial charge in [0.1, 0.15) is 11.9 Å². The second-order valence-corrected chi connectivity index (χ2v) is 5.05. The second-order valence-electron chi connectivity index (χ2n) is 5.05. The van der Waals surface area contributed by atoms with E-state index in [0.29, 0.717) is 18.2 Å². The highest BCUT2D eigenvalue weighted by atomic mass is 16.2. The highest BCUT2D eigenvalue weighted by Crippen LogP contribution is 2.16. The zero-order chi connectivity index (χ0) is 13.8. The molecule has 2 heterocycles. The molecule has 1 aliphatic heterocycles. The van der Waals surface area contributed by atoms with Gasteiger partial charge in [0.25, 0.3) is 0 Å². The van der Waals surface area contributed by atoms with E-state index in [4.69, 9.17) is 0 Å². The monoisotopic (exact) mass is 262 g/mol. The Morgan fingerprint density at radius 2 is 2.05 bits per heavy atom. The summed E-state index contributed by atoms with van der Waals surface area (Å²) in [5.41, 5.74) is 0. The SMILES string of the molecule is CC(C)CC1C(=O)NCC(=O)N1Cc1ncccn1. The third-order valence-corrected chi connectivity index (χ3v) is 3.04. The predicted molar refractivity (Wildman–Crippen MR) is 68.8 cm³/mol. The van der Waals surface area contributed by atoms with Crippen LogP contribution in [0.25, 0.3) is 0 Å². The molecule has 19 heavy (non-hydrogen) atoms. The quantitative estimate of drug-likeness (QED) is 0.849. The summed E-state index contributed by atoms with van der Waals surface area (Å²) in [6.07, 6.45) is 3.91. The molecule has 1 N–H and O–H groups in total. The van der Waals surface area contributed by atoms with E-state index in [1.165, 1.54) is 0 Å². The molecule has 0 saturated carbocycles. The van der Waals surface area contributed by atoms with E-state index < -0.39 is 6.04 Å². The average Bonchev–Trinajstić information content (AvgIpc) is 2.39. The summed E-state index contributed by atoms with van der Waals surface area (Å²) in [5, 5.41) is 2.63. The lowest BCUT2D eigenvalue weighted by Crippen LogP contribution is -2.58. The van der Waals surface area contributed by atoms with Crippen LogP contribution in [0, 0.1) is 5.92 Å². The van der Waals surface area contributed by atoms with Gasteiger partial charge in [-0.3, -0.25) is 9.59 Å². The van der Waals surface area contributed by atoms with Gasteiger partial charge < -0.3 is 10.2 Å². The fourth-order valence-electron chi connectivity index (χ4n) is 2.14. The molecule has 1 saturated heterocycles. The lowest BCUT2D eigenvalue weighted by atomic mass is 10.00. The van der Waals surface area contributed by atoms with Crippen LogP contribution in [0.4, 0.5) is 0 Å². The summed E-state index contributed by atoms with van der Waals surface area (Å²) in [5.74, 6) is 0.710. The number of piperazine rings is 1. The topological polar surface area (TPSA) is 75.2 Å². The van der Waals surface area contributed by atoms with Gasteiger partial charge in [0.2, 0.25) is 11.8 Å². The van der Waals surface area contributed by atoms with E-state index >= 15 is 0 Å². The Morgan fingerprint density at radius 3 is 2.68 bits per heavy atom. The third-order valence-electron chi connectivity index (χ3n) is 3.04. The molecule has 0 radical (unpaired) electrons. The van der Waals surface area contributed by atoms with Crippen LogP contribution in [0.5, 0.6) is 0 Å². The van der Waals surface area contributed by atoms with Crippen molar-refractivity contribution in [2.75, 3.05) is 6.54 Å². The van der Waals surface area contributed by atoms with Crippen molar-refractivity contribution < 1.29 is 9.59 Å². The van der Waals surface area contributed by atoms with E-state index in [1.54, 1.807) is 23.4 Å². The minimum Gasteiger partial charge on any atom is -0.345 e. The van der Waals surface area contributed by atoms with Crippen LogP contribution in [-0.4, -0.2) is 39.3 Å². The second kappa shape index (κ2) is 5.77. The highest BCUT2D eigenvalue weighted by molar-refractivity contribution is 5.94. The summed E-state index contributed by atoms with van der Waals surface area (Å²) in [6, 6.07) is 1.30. The number of carbonyl (C=O) groups excluding carboxylic acids is 2. The van der Waals surface area contributed by atoms with Crippen molar-refractivity contribution in [3.63, 3.8) is 0 Å². The number of amides is 2. The van der Waals surface area contributed by atoms with Crippen LogP contribution in [0.15, 0.2) is 18.5 Å². The first kappa shape index (κ1) is 13.5. The lowest BCUT2D eigenvalue weighted by molar-refractivity contribution is -0.147. The van der Waals surface area contributed by atoms with Gasteiger partial charge in [0, 0.05) is 12.4 Å². The van der Waals surface area contributed by atoms with E-state index in [2.05, 4.69) is 15.3 Å². The molecule has 1 aliphatic rings. The Morgan fingerprint density at radius 1 is 1.37 bits per heavy atom. The van der Waals surface area contributed by atoms with Gasteiger partial charge in [0.15, 0.2) is 0 Å². The molecular formula is C13H18N4O2. The van der Waals surface area contributed by atoms with Crippen molar-refractivity contribution in [3.8, 4) is 0 Å². The smallest absolute Gasteiger partial charge is 0.243 e. The van der Waals surface area contributed by atoms with Gasteiger partial charge >= 0.3 is 0 Å².